The lowest BCUT2D eigenvalue weighted by molar-refractivity contribution is -0.299. The van der Waals surface area contributed by atoms with Crippen LogP contribution in [0.4, 0.5) is 0 Å². The number of ether oxygens (including phenoxy) is 3. The summed E-state index contributed by atoms with van der Waals surface area (Å²) in [6.07, 6.45) is 1.93. The molecule has 0 amide bonds. The highest BCUT2D eigenvalue weighted by Crippen LogP contribution is 2.77. The lowest BCUT2D eigenvalue weighted by atomic mass is 9.32. The highest BCUT2D eigenvalue weighted by Gasteiger charge is 2.72. The zero-order valence-corrected chi connectivity index (χ0v) is 29.7. The van der Waals surface area contributed by atoms with Crippen molar-refractivity contribution >= 4 is 11.9 Å². The summed E-state index contributed by atoms with van der Waals surface area (Å²) < 4.78 is 17.5. The Morgan fingerprint density at radius 3 is 2.13 bits per heavy atom. The molecular formula is C38H60O9. The Hall–Kier alpha value is -1.52. The van der Waals surface area contributed by atoms with E-state index in [1.54, 1.807) is 0 Å². The molecule has 0 radical (unpaired) electrons. The van der Waals surface area contributed by atoms with Gasteiger partial charge in [0, 0.05) is 12.3 Å². The lowest BCUT2D eigenvalue weighted by Crippen LogP contribution is -2.67. The van der Waals surface area contributed by atoms with Gasteiger partial charge in [-0.1, -0.05) is 46.8 Å². The molecule has 6 rings (SSSR count). The summed E-state index contributed by atoms with van der Waals surface area (Å²) in [7, 11) is 0. The molecule has 9 heteroatoms. The maximum absolute atomic E-state index is 14.4. The molecule has 1 saturated heterocycles. The maximum atomic E-state index is 14.4. The average molecular weight is 661 g/mol. The first kappa shape index (κ1) is 35.3. The van der Waals surface area contributed by atoms with Crippen LogP contribution in [0.5, 0.6) is 0 Å². The van der Waals surface area contributed by atoms with Crippen LogP contribution in [0.3, 0.4) is 0 Å². The molecule has 0 aromatic carbocycles. The van der Waals surface area contributed by atoms with Gasteiger partial charge in [-0.25, -0.2) is 0 Å². The van der Waals surface area contributed by atoms with Gasteiger partial charge in [-0.15, -0.1) is 0 Å². The molecule has 0 unspecified atom stereocenters. The molecule has 1 heterocycles. The predicted octanol–water partition coefficient (Wildman–Crippen LogP) is 4.92. The van der Waals surface area contributed by atoms with E-state index in [4.69, 9.17) is 14.2 Å². The van der Waals surface area contributed by atoms with Crippen molar-refractivity contribution in [2.45, 2.75) is 149 Å². The fraction of sp³-hybridized carbons (Fsp3) is 0.895. The average Bonchev–Trinajstić information content (AvgIpc) is 3.40. The summed E-state index contributed by atoms with van der Waals surface area (Å²) >= 11 is 0. The number of hydrogen-bond donors (Lipinski definition) is 4. The highest BCUT2D eigenvalue weighted by molar-refractivity contribution is 5.78. The summed E-state index contributed by atoms with van der Waals surface area (Å²) in [4.78, 5) is 26.5. The van der Waals surface area contributed by atoms with Crippen LogP contribution in [0.1, 0.15) is 113 Å². The van der Waals surface area contributed by atoms with Crippen LogP contribution in [0.2, 0.25) is 0 Å². The summed E-state index contributed by atoms with van der Waals surface area (Å²) in [5.41, 5.74) is 0.416. The van der Waals surface area contributed by atoms with Crippen molar-refractivity contribution < 1.29 is 44.2 Å². The van der Waals surface area contributed by atoms with E-state index >= 15 is 0 Å². The second-order valence-electron chi connectivity index (χ2n) is 17.9. The van der Waals surface area contributed by atoms with Crippen LogP contribution in [0.15, 0.2) is 12.2 Å². The number of hydrogen-bond acceptors (Lipinski definition) is 9. The highest BCUT2D eigenvalue weighted by atomic mass is 16.7. The van der Waals surface area contributed by atoms with Crippen molar-refractivity contribution in [2.24, 2.45) is 56.7 Å². The second-order valence-corrected chi connectivity index (χ2v) is 17.9. The normalized spacial score (nSPS) is 51.9. The van der Waals surface area contributed by atoms with Crippen LogP contribution in [-0.4, -0.2) is 75.8 Å². The first-order valence-electron chi connectivity index (χ1n) is 18.2. The molecule has 1 aliphatic heterocycles. The Bertz CT molecular complexity index is 1260. The molecule has 4 N–H and O–H groups in total. The largest absolute Gasteiger partial charge is 0.462 e. The van der Waals surface area contributed by atoms with Gasteiger partial charge in [0.2, 0.25) is 6.29 Å². The number of allylic oxidation sites excluding steroid dienone is 1. The third kappa shape index (κ3) is 4.94. The van der Waals surface area contributed by atoms with Crippen LogP contribution >= 0.6 is 0 Å². The standard InChI is InChI=1S/C38H60O9/c1-20(2)22-11-16-38(33(44)47-32-31(43)30(42)29(41)24(19-39)46-32)18-17-36(7)23(28(22)38)9-10-26-35(6)14-13-27(45-21(3)40)34(4,5)25(35)12-15-37(26,36)8/h22-32,39,41-43H,1,9-19H2,2-8H3/t22-,23+,24+,25-,26+,27-,28+,29+,30-,31+,32-,35-,36+,37+,38-/m0/s1. The number of rotatable bonds is 5. The van der Waals surface area contributed by atoms with Gasteiger partial charge < -0.3 is 34.6 Å². The summed E-state index contributed by atoms with van der Waals surface area (Å²) in [6.45, 7) is 19.6. The molecule has 9 nitrogen and oxygen atoms in total. The monoisotopic (exact) mass is 660 g/mol. The lowest BCUT2D eigenvalue weighted by Gasteiger charge is -2.72. The van der Waals surface area contributed by atoms with Crippen LogP contribution in [0.25, 0.3) is 0 Å². The number of aliphatic hydroxyl groups is 4. The van der Waals surface area contributed by atoms with Gasteiger partial charge in [0.05, 0.1) is 12.0 Å². The van der Waals surface area contributed by atoms with E-state index in [0.29, 0.717) is 24.7 Å². The number of carbonyl (C=O) groups is 2. The van der Waals surface area contributed by atoms with E-state index in [1.165, 1.54) is 6.92 Å². The molecule has 6 fully saturated rings. The SMILES string of the molecule is C=C(C)[C@@H]1CC[C@]2(C(=O)O[C@@H]3O[C@H](CO)[C@@H](O)[C@H](O)[C@H]3O)CC[C@]3(C)[C@H](CC[C@@H]4[C@@]5(C)CC[C@H](OC(C)=O)C(C)(C)[C@@H]5CC[C@]43C)[C@@H]12. The van der Waals surface area contributed by atoms with Crippen molar-refractivity contribution in [2.75, 3.05) is 6.61 Å². The first-order chi connectivity index (χ1) is 21.9. The predicted molar refractivity (Wildman–Crippen MR) is 174 cm³/mol. The van der Waals surface area contributed by atoms with Crippen LogP contribution < -0.4 is 0 Å². The van der Waals surface area contributed by atoms with Gasteiger partial charge in [-0.2, -0.15) is 0 Å². The van der Waals surface area contributed by atoms with Gasteiger partial charge >= 0.3 is 11.9 Å². The Kier molecular flexibility index (Phi) is 8.85. The van der Waals surface area contributed by atoms with Crippen molar-refractivity contribution in [3.8, 4) is 0 Å². The zero-order valence-electron chi connectivity index (χ0n) is 29.7. The Balaban J connectivity index is 1.31. The molecule has 0 aromatic heterocycles. The van der Waals surface area contributed by atoms with Crippen molar-refractivity contribution in [3.63, 3.8) is 0 Å². The molecule has 0 aromatic rings. The van der Waals surface area contributed by atoms with Gasteiger partial charge in [0.1, 0.15) is 30.5 Å². The summed E-state index contributed by atoms with van der Waals surface area (Å²) in [5, 5.41) is 41.1. The minimum Gasteiger partial charge on any atom is -0.462 e. The minimum absolute atomic E-state index is 0.00357. The number of esters is 2. The quantitative estimate of drug-likeness (QED) is 0.239. The van der Waals surface area contributed by atoms with Gasteiger partial charge in [-0.3, -0.25) is 9.59 Å². The molecule has 0 bridgehead atoms. The van der Waals surface area contributed by atoms with E-state index in [0.717, 1.165) is 56.9 Å². The van der Waals surface area contributed by atoms with Gasteiger partial charge in [-0.05, 0) is 117 Å². The molecule has 5 saturated carbocycles. The van der Waals surface area contributed by atoms with Crippen LogP contribution in [0, 0.1) is 56.7 Å². The van der Waals surface area contributed by atoms with E-state index in [1.807, 2.05) is 0 Å². The molecule has 6 aliphatic rings. The Morgan fingerprint density at radius 2 is 1.49 bits per heavy atom. The topological polar surface area (TPSA) is 143 Å². The van der Waals surface area contributed by atoms with Crippen molar-refractivity contribution in [3.05, 3.63) is 12.2 Å². The molecule has 0 spiro atoms. The molecular weight excluding hydrogens is 600 g/mol. The number of aliphatic hydroxyl groups excluding tert-OH is 4. The maximum Gasteiger partial charge on any atom is 0.314 e. The summed E-state index contributed by atoms with van der Waals surface area (Å²) in [5.74, 6) is 0.867. The van der Waals surface area contributed by atoms with E-state index in [2.05, 4.69) is 48.1 Å². The first-order valence-corrected chi connectivity index (χ1v) is 18.2. The third-order valence-corrected chi connectivity index (χ3v) is 15.8. The Labute approximate surface area is 280 Å². The molecule has 266 valence electrons. The van der Waals surface area contributed by atoms with Gasteiger partial charge in [0.15, 0.2) is 0 Å². The second kappa shape index (κ2) is 11.8. The fourth-order valence-corrected chi connectivity index (χ4v) is 13.3. The van der Waals surface area contributed by atoms with Crippen molar-refractivity contribution in [1.82, 2.24) is 0 Å². The summed E-state index contributed by atoms with van der Waals surface area (Å²) in [6, 6.07) is 0. The molecule has 5 aliphatic carbocycles. The molecule has 47 heavy (non-hydrogen) atoms. The van der Waals surface area contributed by atoms with Gasteiger partial charge in [0.25, 0.3) is 0 Å². The fourth-order valence-electron chi connectivity index (χ4n) is 13.3. The molecule has 15 atom stereocenters. The van der Waals surface area contributed by atoms with Crippen LogP contribution in [-0.2, 0) is 23.8 Å². The number of carbonyl (C=O) groups excluding carboxylic acids is 2. The van der Waals surface area contributed by atoms with E-state index < -0.39 is 48.7 Å². The van der Waals surface area contributed by atoms with E-state index in [-0.39, 0.29) is 51.5 Å². The zero-order chi connectivity index (χ0) is 34.5. The minimum atomic E-state index is -1.62. The Morgan fingerprint density at radius 1 is 0.787 bits per heavy atom. The van der Waals surface area contributed by atoms with Crippen molar-refractivity contribution in [1.29, 1.82) is 0 Å². The number of fused-ring (bicyclic) bond motifs is 7. The smallest absolute Gasteiger partial charge is 0.314 e. The van der Waals surface area contributed by atoms with E-state index in [9.17, 15) is 30.0 Å². The third-order valence-electron chi connectivity index (χ3n) is 15.8.